The maximum absolute atomic E-state index is 13.2. The van der Waals surface area contributed by atoms with Crippen LogP contribution in [0.15, 0.2) is 54.6 Å². The van der Waals surface area contributed by atoms with E-state index in [0.29, 0.717) is 18.3 Å². The fourth-order valence-electron chi connectivity index (χ4n) is 5.70. The summed E-state index contributed by atoms with van der Waals surface area (Å²) < 4.78 is 17.1. The molecular weight excluding hydrogens is 476 g/mol. The van der Waals surface area contributed by atoms with Gasteiger partial charge in [-0.05, 0) is 67.3 Å². The number of amides is 1. The van der Waals surface area contributed by atoms with Gasteiger partial charge in [0.1, 0.15) is 5.75 Å². The molecule has 3 heterocycles. The van der Waals surface area contributed by atoms with Crippen LogP contribution in [0, 0.1) is 5.92 Å². The van der Waals surface area contributed by atoms with Crippen LogP contribution >= 0.6 is 12.4 Å². The minimum Gasteiger partial charge on any atom is -0.493 e. The number of ether oxygens (including phenoxy) is 3. The molecule has 190 valence electrons. The topological polar surface area (TPSA) is 51.2 Å². The van der Waals surface area contributed by atoms with Gasteiger partial charge in [0.15, 0.2) is 11.5 Å². The standard InChI is InChI=1S/C29H32N2O4.ClH/c32-29-25-17-28-27(34-20-35-28)16-23(25)11-14-31(29)19-21-6-4-12-30(18-21)13-5-15-33-26-10-3-8-22-7-1-2-9-24(22)26;/h1-3,7-10,16-17,21H,4-6,11-15,18-20H2;1H. The molecule has 0 bridgehead atoms. The van der Waals surface area contributed by atoms with Gasteiger partial charge in [0.25, 0.3) is 5.91 Å². The van der Waals surface area contributed by atoms with Gasteiger partial charge in [-0.3, -0.25) is 4.79 Å². The molecule has 1 unspecified atom stereocenters. The highest BCUT2D eigenvalue weighted by Gasteiger charge is 2.30. The van der Waals surface area contributed by atoms with Gasteiger partial charge >= 0.3 is 0 Å². The van der Waals surface area contributed by atoms with E-state index in [9.17, 15) is 4.79 Å². The SMILES string of the molecule is Cl.O=C1c2cc3c(cc2CCN1CC1CCCN(CCCOc2cccc4ccccc24)C1)OCO3. The van der Waals surface area contributed by atoms with Crippen molar-refractivity contribution >= 4 is 29.1 Å². The first kappa shape index (κ1) is 24.7. The highest BCUT2D eigenvalue weighted by molar-refractivity contribution is 5.97. The van der Waals surface area contributed by atoms with E-state index >= 15 is 0 Å². The van der Waals surface area contributed by atoms with Gasteiger partial charge in [0, 0.05) is 37.1 Å². The van der Waals surface area contributed by atoms with E-state index in [0.717, 1.165) is 68.2 Å². The van der Waals surface area contributed by atoms with E-state index in [2.05, 4.69) is 47.4 Å². The average Bonchev–Trinajstić information content (AvgIpc) is 3.35. The predicted octanol–water partition coefficient (Wildman–Crippen LogP) is 5.17. The van der Waals surface area contributed by atoms with Gasteiger partial charge < -0.3 is 24.0 Å². The van der Waals surface area contributed by atoms with Crippen LogP contribution in [0.1, 0.15) is 35.2 Å². The number of hydrogen-bond acceptors (Lipinski definition) is 5. The number of halogens is 1. The van der Waals surface area contributed by atoms with Crippen LogP contribution in [0.5, 0.6) is 17.2 Å². The van der Waals surface area contributed by atoms with E-state index in [-0.39, 0.29) is 25.1 Å². The highest BCUT2D eigenvalue weighted by atomic mass is 35.5. The smallest absolute Gasteiger partial charge is 0.254 e. The van der Waals surface area contributed by atoms with E-state index in [1.807, 2.05) is 17.0 Å². The third-order valence-electron chi connectivity index (χ3n) is 7.47. The van der Waals surface area contributed by atoms with Gasteiger partial charge in [-0.25, -0.2) is 0 Å². The van der Waals surface area contributed by atoms with Crippen molar-refractivity contribution in [2.75, 3.05) is 46.1 Å². The second kappa shape index (κ2) is 11.0. The second-order valence-corrected chi connectivity index (χ2v) is 9.85. The van der Waals surface area contributed by atoms with Crippen molar-refractivity contribution in [3.05, 3.63) is 65.7 Å². The third kappa shape index (κ3) is 5.11. The van der Waals surface area contributed by atoms with E-state index < -0.39 is 0 Å². The molecule has 0 spiro atoms. The molecule has 3 aliphatic rings. The minimum atomic E-state index is 0. The molecule has 0 saturated carbocycles. The molecule has 3 aliphatic heterocycles. The van der Waals surface area contributed by atoms with Gasteiger partial charge in [-0.1, -0.05) is 36.4 Å². The third-order valence-corrected chi connectivity index (χ3v) is 7.47. The normalized spacial score (nSPS) is 19.2. The first-order chi connectivity index (χ1) is 17.2. The quantitative estimate of drug-likeness (QED) is 0.412. The molecular formula is C29H33ClN2O4. The molecule has 0 aliphatic carbocycles. The number of nitrogens with zero attached hydrogens (tertiary/aromatic N) is 2. The lowest BCUT2D eigenvalue weighted by Gasteiger charge is -2.37. The molecule has 3 aromatic rings. The van der Waals surface area contributed by atoms with Crippen molar-refractivity contribution in [3.63, 3.8) is 0 Å². The van der Waals surface area contributed by atoms with Crippen LogP contribution in [-0.2, 0) is 6.42 Å². The van der Waals surface area contributed by atoms with E-state index in [1.54, 1.807) is 0 Å². The maximum Gasteiger partial charge on any atom is 0.254 e. The molecule has 1 fully saturated rings. The number of rotatable bonds is 7. The summed E-state index contributed by atoms with van der Waals surface area (Å²) in [6.45, 7) is 5.77. The predicted molar refractivity (Wildman–Crippen MR) is 143 cm³/mol. The van der Waals surface area contributed by atoms with Gasteiger partial charge in [-0.15, -0.1) is 12.4 Å². The van der Waals surface area contributed by atoms with Crippen molar-refractivity contribution in [1.29, 1.82) is 0 Å². The monoisotopic (exact) mass is 508 g/mol. The molecule has 0 N–H and O–H groups in total. The number of carbonyl (C=O) groups is 1. The average molecular weight is 509 g/mol. The first-order valence-corrected chi connectivity index (χ1v) is 12.8. The molecule has 3 aromatic carbocycles. The lowest BCUT2D eigenvalue weighted by Crippen LogP contribution is -2.45. The van der Waals surface area contributed by atoms with E-state index in [4.69, 9.17) is 14.2 Å². The maximum atomic E-state index is 13.2. The summed E-state index contributed by atoms with van der Waals surface area (Å²) in [4.78, 5) is 17.8. The molecule has 0 radical (unpaired) electrons. The van der Waals surface area contributed by atoms with Crippen LogP contribution in [0.25, 0.3) is 10.8 Å². The highest BCUT2D eigenvalue weighted by Crippen LogP contribution is 2.37. The lowest BCUT2D eigenvalue weighted by molar-refractivity contribution is 0.0658. The Kier molecular flexibility index (Phi) is 7.54. The Balaban J connectivity index is 0.00000267. The van der Waals surface area contributed by atoms with Crippen molar-refractivity contribution in [1.82, 2.24) is 9.80 Å². The number of hydrogen-bond donors (Lipinski definition) is 0. The summed E-state index contributed by atoms with van der Waals surface area (Å²) in [5.41, 5.74) is 1.85. The van der Waals surface area contributed by atoms with Crippen molar-refractivity contribution in [2.24, 2.45) is 5.92 Å². The summed E-state index contributed by atoms with van der Waals surface area (Å²) in [5, 5.41) is 2.38. The van der Waals surface area contributed by atoms with Crippen LogP contribution in [0.4, 0.5) is 0 Å². The van der Waals surface area contributed by atoms with Crippen LogP contribution in [-0.4, -0.2) is 61.8 Å². The Bertz CT molecular complexity index is 1230. The van der Waals surface area contributed by atoms with Crippen molar-refractivity contribution in [3.8, 4) is 17.2 Å². The number of fused-ring (bicyclic) bond motifs is 3. The van der Waals surface area contributed by atoms with Crippen LogP contribution in [0.2, 0.25) is 0 Å². The van der Waals surface area contributed by atoms with E-state index in [1.165, 1.54) is 23.6 Å². The Hall–Kier alpha value is -2.96. The van der Waals surface area contributed by atoms with Gasteiger partial charge in [0.05, 0.1) is 6.61 Å². The largest absolute Gasteiger partial charge is 0.493 e. The first-order valence-electron chi connectivity index (χ1n) is 12.8. The molecule has 6 rings (SSSR count). The summed E-state index contributed by atoms with van der Waals surface area (Å²) in [6.07, 6.45) is 4.24. The number of piperidine rings is 1. The lowest BCUT2D eigenvalue weighted by atomic mass is 9.94. The number of benzene rings is 3. The summed E-state index contributed by atoms with van der Waals surface area (Å²) in [5.74, 6) is 3.06. The molecule has 36 heavy (non-hydrogen) atoms. The number of carbonyl (C=O) groups excluding carboxylic acids is 1. The fraction of sp³-hybridized carbons (Fsp3) is 0.414. The molecule has 1 amide bonds. The molecule has 1 atom stereocenters. The zero-order valence-electron chi connectivity index (χ0n) is 20.5. The summed E-state index contributed by atoms with van der Waals surface area (Å²) in [6, 6.07) is 18.4. The Morgan fingerprint density at radius 2 is 1.83 bits per heavy atom. The Morgan fingerprint density at radius 3 is 2.75 bits per heavy atom. The van der Waals surface area contributed by atoms with Gasteiger partial charge in [-0.2, -0.15) is 0 Å². The molecule has 1 saturated heterocycles. The zero-order chi connectivity index (χ0) is 23.6. The van der Waals surface area contributed by atoms with Crippen LogP contribution in [0.3, 0.4) is 0 Å². The number of likely N-dealkylation sites (tertiary alicyclic amines) is 1. The Labute approximate surface area is 218 Å². The van der Waals surface area contributed by atoms with Crippen molar-refractivity contribution < 1.29 is 19.0 Å². The second-order valence-electron chi connectivity index (χ2n) is 9.85. The molecule has 0 aromatic heterocycles. The zero-order valence-corrected chi connectivity index (χ0v) is 21.3. The molecule has 6 nitrogen and oxygen atoms in total. The van der Waals surface area contributed by atoms with Crippen molar-refractivity contribution in [2.45, 2.75) is 25.7 Å². The van der Waals surface area contributed by atoms with Gasteiger partial charge in [0.2, 0.25) is 6.79 Å². The Morgan fingerprint density at radius 1 is 1.00 bits per heavy atom. The summed E-state index contributed by atoms with van der Waals surface area (Å²) in [7, 11) is 0. The molecule has 7 heteroatoms. The fourth-order valence-corrected chi connectivity index (χ4v) is 5.70. The minimum absolute atomic E-state index is 0. The van der Waals surface area contributed by atoms with Crippen LogP contribution < -0.4 is 14.2 Å². The summed E-state index contributed by atoms with van der Waals surface area (Å²) >= 11 is 0.